The Balaban J connectivity index is 1.35. The number of hydrogen-bond acceptors (Lipinski definition) is 2. The summed E-state index contributed by atoms with van der Waals surface area (Å²) in [6, 6.07) is 43.9. The highest BCUT2D eigenvalue weighted by Crippen LogP contribution is 2.37. The van der Waals surface area contributed by atoms with Gasteiger partial charge in [0.15, 0.2) is 0 Å². The summed E-state index contributed by atoms with van der Waals surface area (Å²) in [5.74, 6) is 0. The van der Waals surface area contributed by atoms with Crippen LogP contribution in [0.2, 0.25) is 0 Å². The summed E-state index contributed by atoms with van der Waals surface area (Å²) in [5.41, 5.74) is 7.63. The van der Waals surface area contributed by atoms with Gasteiger partial charge in [-0.05, 0) is 86.5 Å². The Labute approximate surface area is 264 Å². The van der Waals surface area contributed by atoms with Crippen molar-refractivity contribution < 1.29 is 4.42 Å². The number of rotatable bonds is 2. The van der Waals surface area contributed by atoms with Gasteiger partial charge in [-0.2, -0.15) is 0 Å². The molecule has 0 fully saturated rings. The fourth-order valence-electron chi connectivity index (χ4n) is 6.95. The van der Waals surface area contributed by atoms with Crippen molar-refractivity contribution in [2.75, 3.05) is 0 Å². The van der Waals surface area contributed by atoms with E-state index in [4.69, 9.17) is 4.42 Å². The lowest BCUT2D eigenvalue weighted by Crippen LogP contribution is -2.30. The molecule has 0 saturated carbocycles. The maximum absolute atomic E-state index is 6.46. The molecular formula is C43H28OS. The molecule has 212 valence electrons. The molecule has 0 bridgehead atoms. The van der Waals surface area contributed by atoms with E-state index in [-0.39, 0.29) is 0 Å². The molecule has 9 rings (SSSR count). The first-order chi connectivity index (χ1) is 22.2. The normalized spacial score (nSPS) is 17.7. The van der Waals surface area contributed by atoms with Crippen molar-refractivity contribution in [3.05, 3.63) is 179 Å². The van der Waals surface area contributed by atoms with Crippen molar-refractivity contribution in [1.82, 2.24) is 0 Å². The zero-order valence-corrected chi connectivity index (χ0v) is 25.4. The Morgan fingerprint density at radius 2 is 1.33 bits per heavy atom. The zero-order chi connectivity index (χ0) is 29.9. The van der Waals surface area contributed by atoms with Crippen molar-refractivity contribution in [2.45, 2.75) is 6.42 Å². The zero-order valence-electron chi connectivity index (χ0n) is 24.6. The minimum atomic E-state index is 0.827. The first-order valence-corrected chi connectivity index (χ1v) is 16.2. The minimum absolute atomic E-state index is 0.827. The summed E-state index contributed by atoms with van der Waals surface area (Å²) >= 11 is 1.86. The second-order valence-electron chi connectivity index (χ2n) is 11.7. The Kier molecular flexibility index (Phi) is 5.97. The van der Waals surface area contributed by atoms with Crippen LogP contribution in [0.1, 0.15) is 17.5 Å². The lowest BCUT2D eigenvalue weighted by Gasteiger charge is -2.13. The van der Waals surface area contributed by atoms with E-state index in [2.05, 4.69) is 152 Å². The fourth-order valence-corrected chi connectivity index (χ4v) is 8.04. The first kappa shape index (κ1) is 26.0. The van der Waals surface area contributed by atoms with Crippen LogP contribution in [0.4, 0.5) is 0 Å². The van der Waals surface area contributed by atoms with Gasteiger partial charge in [-0.25, -0.2) is 0 Å². The highest BCUT2D eigenvalue weighted by atomic mass is 32.1. The lowest BCUT2D eigenvalue weighted by atomic mass is 9.90. The van der Waals surface area contributed by atoms with Crippen LogP contribution in [0, 0.1) is 0 Å². The average molecular weight is 593 g/mol. The van der Waals surface area contributed by atoms with Gasteiger partial charge in [0.1, 0.15) is 11.2 Å². The van der Waals surface area contributed by atoms with E-state index in [1.54, 1.807) is 0 Å². The molecule has 1 aliphatic rings. The molecule has 0 amide bonds. The highest BCUT2D eigenvalue weighted by Gasteiger charge is 2.15. The fraction of sp³-hybridized carbons (Fsp3) is 0.0233. The van der Waals surface area contributed by atoms with Gasteiger partial charge in [0, 0.05) is 36.3 Å². The van der Waals surface area contributed by atoms with Crippen LogP contribution < -0.4 is 10.4 Å². The Bertz CT molecular complexity index is 2690. The van der Waals surface area contributed by atoms with Gasteiger partial charge >= 0.3 is 0 Å². The summed E-state index contributed by atoms with van der Waals surface area (Å²) in [7, 11) is 0. The van der Waals surface area contributed by atoms with Crippen LogP contribution in [0.25, 0.3) is 64.0 Å². The van der Waals surface area contributed by atoms with Crippen molar-refractivity contribution in [3.8, 4) is 0 Å². The third-order valence-corrected chi connectivity index (χ3v) is 10.2. The Morgan fingerprint density at radius 3 is 2.27 bits per heavy atom. The largest absolute Gasteiger partial charge is 0.455 e. The van der Waals surface area contributed by atoms with Crippen molar-refractivity contribution in [1.29, 1.82) is 0 Å². The van der Waals surface area contributed by atoms with Gasteiger partial charge in [0.25, 0.3) is 0 Å². The highest BCUT2D eigenvalue weighted by molar-refractivity contribution is 7.25. The van der Waals surface area contributed by atoms with Gasteiger partial charge in [0.2, 0.25) is 0 Å². The summed E-state index contributed by atoms with van der Waals surface area (Å²) in [5, 5.41) is 9.62. The van der Waals surface area contributed by atoms with E-state index in [1.807, 2.05) is 11.3 Å². The molecule has 0 unspecified atom stereocenters. The van der Waals surface area contributed by atoms with Crippen molar-refractivity contribution in [3.63, 3.8) is 0 Å². The molecule has 0 radical (unpaired) electrons. The standard InChI is InChI=1S/C43H28OS/c1-27-11-3-2-4-13-31(29-21-24-41-38(25-29)34-16-9-10-18-40(34)45-41)33-15-7-8-17-35(33)42(27)30-20-23-39-37(26-30)36-22-19-28-12-5-6-14-32(28)43(36)44-39/h2-12,14-26H,1,13H2/b4-2-,11-3-,33-31+,42-35+. The van der Waals surface area contributed by atoms with Gasteiger partial charge in [0.05, 0.1) is 0 Å². The van der Waals surface area contributed by atoms with Gasteiger partial charge in [-0.15, -0.1) is 11.3 Å². The molecule has 0 atom stereocenters. The molecule has 2 heterocycles. The van der Waals surface area contributed by atoms with Crippen LogP contribution in [0.15, 0.2) is 162 Å². The summed E-state index contributed by atoms with van der Waals surface area (Å²) in [4.78, 5) is 0. The molecule has 0 N–H and O–H groups in total. The first-order valence-electron chi connectivity index (χ1n) is 15.3. The Hall–Kier alpha value is -5.44. The smallest absolute Gasteiger partial charge is 0.143 e. The third kappa shape index (κ3) is 4.22. The molecule has 6 aromatic carbocycles. The average Bonchev–Trinajstić information content (AvgIpc) is 3.65. The molecule has 8 aromatic rings. The van der Waals surface area contributed by atoms with E-state index < -0.39 is 0 Å². The number of fused-ring (bicyclic) bond motifs is 9. The second-order valence-corrected chi connectivity index (χ2v) is 12.8. The van der Waals surface area contributed by atoms with E-state index in [1.165, 1.54) is 47.1 Å². The van der Waals surface area contributed by atoms with Crippen molar-refractivity contribution in [2.24, 2.45) is 0 Å². The maximum Gasteiger partial charge on any atom is 0.143 e. The van der Waals surface area contributed by atoms with Crippen molar-refractivity contribution >= 4 is 75.4 Å². The number of allylic oxidation sites excluding steroid dienone is 5. The third-order valence-electron chi connectivity index (χ3n) is 9.08. The molecule has 0 saturated heterocycles. The van der Waals surface area contributed by atoms with Crippen LogP contribution in [-0.2, 0) is 0 Å². The van der Waals surface area contributed by atoms with E-state index in [9.17, 15) is 0 Å². The van der Waals surface area contributed by atoms with Crippen LogP contribution in [0.3, 0.4) is 0 Å². The quantitative estimate of drug-likeness (QED) is 0.195. The Morgan fingerprint density at radius 1 is 0.578 bits per heavy atom. The monoisotopic (exact) mass is 592 g/mol. The molecule has 2 heteroatoms. The molecule has 2 aromatic heterocycles. The molecule has 0 aliphatic heterocycles. The number of hydrogen-bond donors (Lipinski definition) is 0. The SMILES string of the molecule is C=C1/C=C\C=C/C/C(c2ccc3sc4ccccc4c3c2)=c2/cccc/c2=C/1c1ccc2oc3c4ccccc4ccc3c2c1. The predicted molar refractivity (Wildman–Crippen MR) is 193 cm³/mol. The van der Waals surface area contributed by atoms with Crippen LogP contribution in [0.5, 0.6) is 0 Å². The predicted octanol–water partition coefficient (Wildman–Crippen LogP) is 10.6. The minimum Gasteiger partial charge on any atom is -0.455 e. The molecule has 1 aliphatic carbocycles. The topological polar surface area (TPSA) is 13.1 Å². The molecule has 0 spiro atoms. The van der Waals surface area contributed by atoms with Gasteiger partial charge in [-0.3, -0.25) is 0 Å². The van der Waals surface area contributed by atoms with Crippen LogP contribution in [-0.4, -0.2) is 0 Å². The molecule has 45 heavy (non-hydrogen) atoms. The van der Waals surface area contributed by atoms with E-state index in [0.29, 0.717) is 0 Å². The lowest BCUT2D eigenvalue weighted by molar-refractivity contribution is 0.672. The van der Waals surface area contributed by atoms with E-state index in [0.717, 1.165) is 50.5 Å². The van der Waals surface area contributed by atoms with Gasteiger partial charge in [-0.1, -0.05) is 116 Å². The summed E-state index contributed by atoms with van der Waals surface area (Å²) in [6.45, 7) is 4.59. The second kappa shape index (κ2) is 10.3. The maximum atomic E-state index is 6.46. The summed E-state index contributed by atoms with van der Waals surface area (Å²) < 4.78 is 9.11. The van der Waals surface area contributed by atoms with Crippen LogP contribution >= 0.6 is 11.3 Å². The number of furan rings is 1. The number of thiophene rings is 1. The number of benzene rings is 6. The summed E-state index contributed by atoms with van der Waals surface area (Å²) in [6.07, 6.45) is 9.47. The van der Waals surface area contributed by atoms with Gasteiger partial charge < -0.3 is 4.42 Å². The molecular weight excluding hydrogens is 565 g/mol. The van der Waals surface area contributed by atoms with E-state index >= 15 is 0 Å². The molecule has 1 nitrogen and oxygen atoms in total.